The number of hydrogen-bond donors (Lipinski definition) is 1. The highest BCUT2D eigenvalue weighted by atomic mass is 35.5. The summed E-state index contributed by atoms with van der Waals surface area (Å²) in [5.74, 6) is 0.463. The largest absolute Gasteiger partial charge is 0.493 e. The van der Waals surface area contributed by atoms with Crippen molar-refractivity contribution in [1.82, 2.24) is 0 Å². The van der Waals surface area contributed by atoms with Gasteiger partial charge >= 0.3 is 6.18 Å². The van der Waals surface area contributed by atoms with Crippen LogP contribution in [-0.2, 0) is 12.8 Å². The lowest BCUT2D eigenvalue weighted by atomic mass is 10.1. The minimum atomic E-state index is -4.67. The van der Waals surface area contributed by atoms with Crippen molar-refractivity contribution in [3.05, 3.63) is 88.4 Å². The summed E-state index contributed by atoms with van der Waals surface area (Å²) in [5, 5.41) is 2.24. The van der Waals surface area contributed by atoms with E-state index in [0.29, 0.717) is 23.7 Å². The van der Waals surface area contributed by atoms with Gasteiger partial charge in [-0.05, 0) is 55.5 Å². The number of halogens is 4. The molecule has 3 aromatic rings. The molecule has 0 heterocycles. The van der Waals surface area contributed by atoms with Crippen molar-refractivity contribution < 1.29 is 27.4 Å². The summed E-state index contributed by atoms with van der Waals surface area (Å²) in [6, 6.07) is 16.9. The van der Waals surface area contributed by atoms with E-state index in [-0.39, 0.29) is 22.9 Å². The highest BCUT2D eigenvalue weighted by Crippen LogP contribution is 2.36. The fourth-order valence-electron chi connectivity index (χ4n) is 2.86. The van der Waals surface area contributed by atoms with Crippen LogP contribution < -0.4 is 14.8 Å². The Morgan fingerprint density at radius 1 is 1.00 bits per heavy atom. The molecule has 0 aliphatic rings. The van der Waals surface area contributed by atoms with Crippen molar-refractivity contribution >= 4 is 23.2 Å². The molecule has 0 fully saturated rings. The average Bonchev–Trinajstić information content (AvgIpc) is 2.74. The number of rotatable bonds is 7. The van der Waals surface area contributed by atoms with E-state index in [1.165, 1.54) is 18.2 Å². The van der Waals surface area contributed by atoms with Gasteiger partial charge in [0.05, 0.1) is 17.9 Å². The molecule has 3 aromatic carbocycles. The maximum atomic E-state index is 13.3. The topological polar surface area (TPSA) is 47.6 Å². The number of carbonyl (C=O) groups is 1. The van der Waals surface area contributed by atoms with Gasteiger partial charge in [0.15, 0.2) is 0 Å². The standard InChI is InChI=1S/C23H19ClF3NO3/c1-2-30-21-11-8-15(12-16(21)14-31-18-6-4-3-5-7-18)22(29)28-20-10-9-17(24)13-19(20)23(25,26)27/h3-13H,2,14H2,1H3,(H,28,29). The lowest BCUT2D eigenvalue weighted by Crippen LogP contribution is -2.17. The van der Waals surface area contributed by atoms with E-state index in [9.17, 15) is 18.0 Å². The first-order valence-electron chi connectivity index (χ1n) is 9.39. The molecule has 4 nitrogen and oxygen atoms in total. The third-order valence-electron chi connectivity index (χ3n) is 4.30. The van der Waals surface area contributed by atoms with Gasteiger partial charge in [0.1, 0.15) is 18.1 Å². The first-order valence-corrected chi connectivity index (χ1v) is 9.77. The van der Waals surface area contributed by atoms with Gasteiger partial charge in [0.2, 0.25) is 0 Å². The number of carbonyl (C=O) groups excluding carboxylic acids is 1. The van der Waals surface area contributed by atoms with Crippen LogP contribution in [0.1, 0.15) is 28.4 Å². The maximum absolute atomic E-state index is 13.3. The Labute approximate surface area is 182 Å². The molecule has 1 amide bonds. The Morgan fingerprint density at radius 2 is 1.74 bits per heavy atom. The van der Waals surface area contributed by atoms with Crippen LogP contribution in [0.2, 0.25) is 5.02 Å². The molecular formula is C23H19ClF3NO3. The molecule has 0 radical (unpaired) electrons. The predicted octanol–water partition coefficient (Wildman–Crippen LogP) is 6.59. The zero-order chi connectivity index (χ0) is 22.4. The number of hydrogen-bond acceptors (Lipinski definition) is 3. The highest BCUT2D eigenvalue weighted by Gasteiger charge is 2.34. The molecule has 0 saturated carbocycles. The Morgan fingerprint density at radius 3 is 2.42 bits per heavy atom. The molecule has 3 rings (SSSR count). The number of ether oxygens (including phenoxy) is 2. The normalized spacial score (nSPS) is 11.1. The minimum Gasteiger partial charge on any atom is -0.493 e. The molecule has 0 aliphatic carbocycles. The van der Waals surface area contributed by atoms with Gasteiger partial charge in [-0.1, -0.05) is 29.8 Å². The quantitative estimate of drug-likeness (QED) is 0.442. The third-order valence-corrected chi connectivity index (χ3v) is 4.53. The van der Waals surface area contributed by atoms with E-state index in [2.05, 4.69) is 5.32 Å². The van der Waals surface area contributed by atoms with Gasteiger partial charge < -0.3 is 14.8 Å². The number of amides is 1. The van der Waals surface area contributed by atoms with Crippen molar-refractivity contribution in [2.24, 2.45) is 0 Å². The molecular weight excluding hydrogens is 431 g/mol. The molecule has 0 aromatic heterocycles. The molecule has 0 aliphatic heterocycles. The fraction of sp³-hybridized carbons (Fsp3) is 0.174. The van der Waals surface area contributed by atoms with E-state index in [4.69, 9.17) is 21.1 Å². The summed E-state index contributed by atoms with van der Waals surface area (Å²) in [7, 11) is 0. The molecule has 1 N–H and O–H groups in total. The van der Waals surface area contributed by atoms with Crippen molar-refractivity contribution in [2.45, 2.75) is 19.7 Å². The summed E-state index contributed by atoms with van der Waals surface area (Å²) in [6.07, 6.45) is -4.67. The van der Waals surface area contributed by atoms with Crippen LogP contribution in [0.5, 0.6) is 11.5 Å². The lowest BCUT2D eigenvalue weighted by molar-refractivity contribution is -0.136. The molecule has 0 saturated heterocycles. The molecule has 162 valence electrons. The predicted molar refractivity (Wildman–Crippen MR) is 113 cm³/mol. The molecule has 0 atom stereocenters. The molecule has 0 bridgehead atoms. The second-order valence-corrected chi connectivity index (χ2v) is 6.94. The van der Waals surface area contributed by atoms with Crippen molar-refractivity contribution in [3.63, 3.8) is 0 Å². The Hall–Kier alpha value is -3.19. The molecule has 0 spiro atoms. The van der Waals surface area contributed by atoms with Crippen molar-refractivity contribution in [3.8, 4) is 11.5 Å². The SMILES string of the molecule is CCOc1ccc(C(=O)Nc2ccc(Cl)cc2C(F)(F)F)cc1COc1ccccc1. The lowest BCUT2D eigenvalue weighted by Gasteiger charge is -2.16. The van der Waals surface area contributed by atoms with E-state index in [1.807, 2.05) is 25.1 Å². The molecule has 8 heteroatoms. The van der Waals surface area contributed by atoms with Gasteiger partial charge in [-0.2, -0.15) is 13.2 Å². The van der Waals surface area contributed by atoms with Crippen LogP contribution in [-0.4, -0.2) is 12.5 Å². The van der Waals surface area contributed by atoms with Crippen LogP contribution in [0.4, 0.5) is 18.9 Å². The number of para-hydroxylation sites is 1. The van der Waals surface area contributed by atoms with E-state index < -0.39 is 17.6 Å². The van der Waals surface area contributed by atoms with Gasteiger partial charge in [-0.3, -0.25) is 4.79 Å². The summed E-state index contributed by atoms with van der Waals surface area (Å²) in [4.78, 5) is 12.7. The van der Waals surface area contributed by atoms with E-state index >= 15 is 0 Å². The van der Waals surface area contributed by atoms with Crippen molar-refractivity contribution in [1.29, 1.82) is 0 Å². The van der Waals surface area contributed by atoms with Crippen LogP contribution in [0.25, 0.3) is 0 Å². The number of alkyl halides is 3. The summed E-state index contributed by atoms with van der Waals surface area (Å²) < 4.78 is 51.2. The van der Waals surface area contributed by atoms with Crippen molar-refractivity contribution in [2.75, 3.05) is 11.9 Å². The summed E-state index contributed by atoms with van der Waals surface area (Å²) in [6.45, 7) is 2.35. The van der Waals surface area contributed by atoms with Crippen LogP contribution >= 0.6 is 11.6 Å². The monoisotopic (exact) mass is 449 g/mol. The first-order chi connectivity index (χ1) is 14.8. The second kappa shape index (κ2) is 9.75. The third kappa shape index (κ3) is 5.92. The minimum absolute atomic E-state index is 0.0771. The van der Waals surface area contributed by atoms with Crippen LogP contribution in [0.15, 0.2) is 66.7 Å². The Kier molecular flexibility index (Phi) is 7.07. The fourth-order valence-corrected chi connectivity index (χ4v) is 3.03. The Bertz CT molecular complexity index is 1060. The molecule has 0 unspecified atom stereocenters. The first kappa shape index (κ1) is 22.5. The smallest absolute Gasteiger partial charge is 0.418 e. The molecule has 31 heavy (non-hydrogen) atoms. The zero-order valence-electron chi connectivity index (χ0n) is 16.5. The number of benzene rings is 3. The van der Waals surface area contributed by atoms with Crippen LogP contribution in [0.3, 0.4) is 0 Å². The van der Waals surface area contributed by atoms with E-state index in [0.717, 1.165) is 12.1 Å². The van der Waals surface area contributed by atoms with Gasteiger partial charge in [0.25, 0.3) is 5.91 Å². The summed E-state index contributed by atoms with van der Waals surface area (Å²) in [5.41, 5.74) is -0.645. The maximum Gasteiger partial charge on any atom is 0.418 e. The number of anilines is 1. The second-order valence-electron chi connectivity index (χ2n) is 6.50. The number of nitrogens with one attached hydrogen (secondary N) is 1. The summed E-state index contributed by atoms with van der Waals surface area (Å²) >= 11 is 5.69. The van der Waals surface area contributed by atoms with Gasteiger partial charge in [0, 0.05) is 16.1 Å². The zero-order valence-corrected chi connectivity index (χ0v) is 17.3. The average molecular weight is 450 g/mol. The highest BCUT2D eigenvalue weighted by molar-refractivity contribution is 6.30. The van der Waals surface area contributed by atoms with E-state index in [1.54, 1.807) is 18.2 Å². The van der Waals surface area contributed by atoms with Crippen LogP contribution in [0, 0.1) is 0 Å². The van der Waals surface area contributed by atoms with Gasteiger partial charge in [-0.15, -0.1) is 0 Å². The Balaban J connectivity index is 1.85. The van der Waals surface area contributed by atoms with Gasteiger partial charge in [-0.25, -0.2) is 0 Å².